The first-order chi connectivity index (χ1) is 9.43. The van der Waals surface area contributed by atoms with E-state index >= 15 is 0 Å². The third-order valence-electron chi connectivity index (χ3n) is 3.61. The van der Waals surface area contributed by atoms with Crippen molar-refractivity contribution in [3.63, 3.8) is 0 Å². The Balaban J connectivity index is 2.45. The van der Waals surface area contributed by atoms with E-state index in [-0.39, 0.29) is 22.0 Å². The van der Waals surface area contributed by atoms with Crippen molar-refractivity contribution in [1.29, 1.82) is 0 Å². The molecule has 1 aliphatic rings. The van der Waals surface area contributed by atoms with Crippen molar-refractivity contribution in [2.75, 3.05) is 7.11 Å². The topological polar surface area (TPSA) is 76.6 Å². The molecule has 1 aromatic rings. The lowest BCUT2D eigenvalue weighted by molar-refractivity contribution is 0.0590. The zero-order valence-electron chi connectivity index (χ0n) is 11.7. The quantitative estimate of drug-likeness (QED) is 0.792. The summed E-state index contributed by atoms with van der Waals surface area (Å²) in [6.07, 6.45) is 2.45. The molecule has 0 bridgehead atoms. The Kier molecular flexibility index (Phi) is 4.46. The average molecular weight is 318 g/mol. The fourth-order valence-corrected chi connectivity index (χ4v) is 5.79. The van der Waals surface area contributed by atoms with Crippen LogP contribution in [0.1, 0.15) is 43.6 Å². The lowest BCUT2D eigenvalue weighted by Gasteiger charge is -2.26. The molecule has 112 valence electrons. The normalized spacial score (nSPS) is 23.9. The Morgan fingerprint density at radius 1 is 1.55 bits per heavy atom. The van der Waals surface area contributed by atoms with Gasteiger partial charge in [0, 0.05) is 12.1 Å². The standard InChI is InChI=1S/C12H18N2O4S2/c1-4-9-6-5-8(2)14(9)20(16,17)12-10(11(15)18-3)13-7-19-12/h7-9H,4-6H2,1-3H3. The Morgan fingerprint density at radius 3 is 2.85 bits per heavy atom. The summed E-state index contributed by atoms with van der Waals surface area (Å²) < 4.78 is 31.7. The molecule has 8 heteroatoms. The molecule has 0 amide bonds. The summed E-state index contributed by atoms with van der Waals surface area (Å²) in [5, 5.41) is 0. The number of carbonyl (C=O) groups excluding carboxylic acids is 1. The molecule has 1 aromatic heterocycles. The molecule has 2 unspecified atom stereocenters. The van der Waals surface area contributed by atoms with Crippen LogP contribution < -0.4 is 0 Å². The predicted molar refractivity (Wildman–Crippen MR) is 75.3 cm³/mol. The SMILES string of the molecule is CCC1CCC(C)N1S(=O)(=O)c1scnc1C(=O)OC. The molecule has 1 aliphatic heterocycles. The summed E-state index contributed by atoms with van der Waals surface area (Å²) >= 11 is 0.960. The number of esters is 1. The first kappa shape index (κ1) is 15.4. The van der Waals surface area contributed by atoms with Gasteiger partial charge in [0.2, 0.25) is 0 Å². The van der Waals surface area contributed by atoms with E-state index in [0.29, 0.717) is 0 Å². The van der Waals surface area contributed by atoms with Crippen LogP contribution in [0.4, 0.5) is 0 Å². The van der Waals surface area contributed by atoms with Crippen LogP contribution in [0.25, 0.3) is 0 Å². The van der Waals surface area contributed by atoms with Gasteiger partial charge in [-0.15, -0.1) is 11.3 Å². The summed E-state index contributed by atoms with van der Waals surface area (Å²) in [5.41, 5.74) is 1.24. The van der Waals surface area contributed by atoms with Crippen LogP contribution in [0.2, 0.25) is 0 Å². The summed E-state index contributed by atoms with van der Waals surface area (Å²) in [4.78, 5) is 15.5. The fourth-order valence-electron chi connectivity index (χ4n) is 2.61. The maximum atomic E-state index is 12.8. The molecule has 2 atom stereocenters. The van der Waals surface area contributed by atoms with Crippen molar-refractivity contribution in [1.82, 2.24) is 9.29 Å². The monoisotopic (exact) mass is 318 g/mol. The summed E-state index contributed by atoms with van der Waals surface area (Å²) in [6, 6.07) is -0.0693. The van der Waals surface area contributed by atoms with E-state index in [1.54, 1.807) is 0 Å². The number of methoxy groups -OCH3 is 1. The third kappa shape index (κ3) is 2.47. The Bertz CT molecular complexity index is 596. The van der Waals surface area contributed by atoms with Gasteiger partial charge in [-0.25, -0.2) is 18.2 Å². The van der Waals surface area contributed by atoms with E-state index in [1.165, 1.54) is 16.9 Å². The number of rotatable bonds is 4. The zero-order valence-corrected chi connectivity index (χ0v) is 13.3. The maximum absolute atomic E-state index is 12.8. The van der Waals surface area contributed by atoms with Crippen molar-refractivity contribution in [3.05, 3.63) is 11.2 Å². The van der Waals surface area contributed by atoms with Crippen LogP contribution in [-0.4, -0.2) is 42.9 Å². The summed E-state index contributed by atoms with van der Waals surface area (Å²) in [5.74, 6) is -0.718. The fraction of sp³-hybridized carbons (Fsp3) is 0.667. The average Bonchev–Trinajstić information content (AvgIpc) is 3.04. The number of sulfonamides is 1. The summed E-state index contributed by atoms with van der Waals surface area (Å²) in [6.45, 7) is 3.87. The second-order valence-electron chi connectivity index (χ2n) is 4.80. The molecule has 20 heavy (non-hydrogen) atoms. The van der Waals surface area contributed by atoms with Crippen molar-refractivity contribution < 1.29 is 17.9 Å². The Hall–Kier alpha value is -0.990. The maximum Gasteiger partial charge on any atom is 0.358 e. The van der Waals surface area contributed by atoms with Gasteiger partial charge in [-0.2, -0.15) is 4.31 Å². The highest BCUT2D eigenvalue weighted by molar-refractivity contribution is 7.91. The van der Waals surface area contributed by atoms with Gasteiger partial charge in [-0.1, -0.05) is 6.92 Å². The van der Waals surface area contributed by atoms with Crippen LogP contribution >= 0.6 is 11.3 Å². The molecule has 2 heterocycles. The minimum Gasteiger partial charge on any atom is -0.464 e. The van der Waals surface area contributed by atoms with E-state index in [2.05, 4.69) is 9.72 Å². The number of hydrogen-bond donors (Lipinski definition) is 0. The highest BCUT2D eigenvalue weighted by atomic mass is 32.2. The molecule has 0 N–H and O–H groups in total. The minimum atomic E-state index is -3.70. The zero-order chi connectivity index (χ0) is 14.9. The van der Waals surface area contributed by atoms with E-state index in [0.717, 1.165) is 30.6 Å². The largest absolute Gasteiger partial charge is 0.464 e. The lowest BCUT2D eigenvalue weighted by Crippen LogP contribution is -2.39. The molecule has 6 nitrogen and oxygen atoms in total. The molecule has 0 aromatic carbocycles. The van der Waals surface area contributed by atoms with Crippen molar-refractivity contribution in [2.24, 2.45) is 0 Å². The molecule has 0 aliphatic carbocycles. The molecule has 0 radical (unpaired) electrons. The highest BCUT2D eigenvalue weighted by Crippen LogP contribution is 2.34. The predicted octanol–water partition coefficient (Wildman–Crippen LogP) is 1.88. The second-order valence-corrected chi connectivity index (χ2v) is 7.70. The van der Waals surface area contributed by atoms with Crippen LogP contribution in [0.15, 0.2) is 9.72 Å². The third-order valence-corrected chi connectivity index (χ3v) is 7.02. The van der Waals surface area contributed by atoms with Crippen LogP contribution in [0.5, 0.6) is 0 Å². The summed E-state index contributed by atoms with van der Waals surface area (Å²) in [7, 11) is -2.49. The van der Waals surface area contributed by atoms with Gasteiger partial charge < -0.3 is 4.74 Å². The van der Waals surface area contributed by atoms with Gasteiger partial charge in [0.1, 0.15) is 0 Å². The number of ether oxygens (including phenoxy) is 1. The van der Waals surface area contributed by atoms with E-state index in [9.17, 15) is 13.2 Å². The van der Waals surface area contributed by atoms with Crippen molar-refractivity contribution >= 4 is 27.3 Å². The second kappa shape index (κ2) is 5.79. The van der Waals surface area contributed by atoms with Gasteiger partial charge >= 0.3 is 5.97 Å². The minimum absolute atomic E-state index is 0.0115. The molecule has 0 spiro atoms. The molecular formula is C12H18N2O4S2. The van der Waals surface area contributed by atoms with Gasteiger partial charge in [0.15, 0.2) is 9.90 Å². The van der Waals surface area contributed by atoms with Gasteiger partial charge in [-0.05, 0) is 26.2 Å². The Morgan fingerprint density at radius 2 is 2.25 bits per heavy atom. The van der Waals surface area contributed by atoms with Gasteiger partial charge in [-0.3, -0.25) is 0 Å². The van der Waals surface area contributed by atoms with Crippen molar-refractivity contribution in [2.45, 2.75) is 49.4 Å². The number of nitrogens with zero attached hydrogens (tertiary/aromatic N) is 2. The van der Waals surface area contributed by atoms with Crippen LogP contribution in [0, 0.1) is 0 Å². The Labute approximate surface area is 122 Å². The van der Waals surface area contributed by atoms with Crippen LogP contribution in [-0.2, 0) is 14.8 Å². The smallest absolute Gasteiger partial charge is 0.358 e. The van der Waals surface area contributed by atoms with Gasteiger partial charge in [0.25, 0.3) is 10.0 Å². The number of thiazole rings is 1. The molecular weight excluding hydrogens is 300 g/mol. The highest BCUT2D eigenvalue weighted by Gasteiger charge is 2.41. The molecule has 2 rings (SSSR count). The number of carbonyl (C=O) groups is 1. The number of aromatic nitrogens is 1. The first-order valence-corrected chi connectivity index (χ1v) is 8.80. The molecule has 0 saturated carbocycles. The van der Waals surface area contributed by atoms with Crippen LogP contribution in [0.3, 0.4) is 0 Å². The molecule has 1 saturated heterocycles. The molecule has 1 fully saturated rings. The number of hydrogen-bond acceptors (Lipinski definition) is 6. The van der Waals surface area contributed by atoms with Gasteiger partial charge in [0.05, 0.1) is 12.6 Å². The van der Waals surface area contributed by atoms with E-state index in [1.807, 2.05) is 13.8 Å². The van der Waals surface area contributed by atoms with Crippen molar-refractivity contribution in [3.8, 4) is 0 Å². The first-order valence-electron chi connectivity index (χ1n) is 6.48. The van der Waals surface area contributed by atoms with E-state index in [4.69, 9.17) is 0 Å². The lowest BCUT2D eigenvalue weighted by atomic mass is 10.2. The van der Waals surface area contributed by atoms with E-state index < -0.39 is 16.0 Å².